The Bertz CT molecular complexity index is 101. The molecule has 86 valence electrons. The number of rotatable bonds is 10. The van der Waals surface area contributed by atoms with Crippen LogP contribution in [0.1, 0.15) is 72.1 Å². The average Bonchev–Trinajstić information content (AvgIpc) is 2.20. The van der Waals surface area contributed by atoms with Crippen molar-refractivity contribution in [1.82, 2.24) is 5.32 Å². The maximum absolute atomic E-state index is 3.69. The third-order valence-corrected chi connectivity index (χ3v) is 2.76. The van der Waals surface area contributed by atoms with E-state index in [9.17, 15) is 0 Å². The van der Waals surface area contributed by atoms with Crippen molar-refractivity contribution in [1.29, 1.82) is 0 Å². The minimum Gasteiger partial charge on any atom is -0.314 e. The van der Waals surface area contributed by atoms with Gasteiger partial charge >= 0.3 is 0 Å². The highest BCUT2D eigenvalue weighted by atomic mass is 14.9. The minimum absolute atomic E-state index is 0.789. The summed E-state index contributed by atoms with van der Waals surface area (Å²) in [4.78, 5) is 0. The van der Waals surface area contributed by atoms with Crippen molar-refractivity contribution in [2.45, 2.75) is 78.2 Å². The van der Waals surface area contributed by atoms with Gasteiger partial charge in [-0.05, 0) is 25.8 Å². The molecule has 0 radical (unpaired) electrons. The third-order valence-electron chi connectivity index (χ3n) is 2.76. The quantitative estimate of drug-likeness (QED) is 0.522. The molecular weight excluding hydrogens is 170 g/mol. The molecule has 1 atom stereocenters. The normalized spacial score (nSPS) is 13.1. The topological polar surface area (TPSA) is 12.0 Å². The van der Waals surface area contributed by atoms with Crippen molar-refractivity contribution in [2.24, 2.45) is 0 Å². The number of hydrogen-bond donors (Lipinski definition) is 1. The summed E-state index contributed by atoms with van der Waals surface area (Å²) in [7, 11) is 0. The zero-order chi connectivity index (χ0) is 10.6. The molecule has 0 rings (SSSR count). The summed E-state index contributed by atoms with van der Waals surface area (Å²) in [5.41, 5.74) is 0. The van der Waals surface area contributed by atoms with Crippen LogP contribution >= 0.6 is 0 Å². The van der Waals surface area contributed by atoms with Crippen molar-refractivity contribution >= 4 is 0 Å². The van der Waals surface area contributed by atoms with E-state index in [1.165, 1.54) is 57.9 Å². The second-order valence-corrected chi connectivity index (χ2v) is 4.29. The van der Waals surface area contributed by atoms with Gasteiger partial charge in [-0.25, -0.2) is 0 Å². The van der Waals surface area contributed by atoms with E-state index in [0.29, 0.717) is 0 Å². The first-order valence-corrected chi connectivity index (χ1v) is 6.58. The van der Waals surface area contributed by atoms with Gasteiger partial charge in [-0.1, -0.05) is 52.9 Å². The Morgan fingerprint density at radius 2 is 1.50 bits per heavy atom. The Morgan fingerprint density at radius 1 is 0.786 bits per heavy atom. The summed E-state index contributed by atoms with van der Waals surface area (Å²) in [6.07, 6.45) is 10.8. The van der Waals surface area contributed by atoms with Gasteiger partial charge in [0.1, 0.15) is 0 Å². The monoisotopic (exact) mass is 199 g/mol. The van der Waals surface area contributed by atoms with Gasteiger partial charge in [0, 0.05) is 6.04 Å². The largest absolute Gasteiger partial charge is 0.314 e. The van der Waals surface area contributed by atoms with Crippen LogP contribution in [0, 0.1) is 0 Å². The zero-order valence-corrected chi connectivity index (χ0v) is 10.4. The predicted octanol–water partition coefficient (Wildman–Crippen LogP) is 4.13. The average molecular weight is 199 g/mol. The van der Waals surface area contributed by atoms with Gasteiger partial charge < -0.3 is 5.32 Å². The standard InChI is InChI=1S/C13H29N/c1-4-7-9-12-14-13(10-6-3)11-8-5-2/h13-14H,4-12H2,1-3H3. The van der Waals surface area contributed by atoms with E-state index in [-0.39, 0.29) is 0 Å². The molecule has 14 heavy (non-hydrogen) atoms. The molecule has 0 bridgehead atoms. The molecule has 1 N–H and O–H groups in total. The fourth-order valence-electron chi connectivity index (χ4n) is 1.83. The van der Waals surface area contributed by atoms with Crippen molar-refractivity contribution in [3.8, 4) is 0 Å². The molecule has 0 aliphatic carbocycles. The first-order valence-electron chi connectivity index (χ1n) is 6.58. The molecule has 1 nitrogen and oxygen atoms in total. The molecule has 0 spiro atoms. The summed E-state index contributed by atoms with van der Waals surface area (Å²) in [6, 6.07) is 0.789. The lowest BCUT2D eigenvalue weighted by Crippen LogP contribution is -2.29. The first-order chi connectivity index (χ1) is 6.85. The number of unbranched alkanes of at least 4 members (excludes halogenated alkanes) is 3. The summed E-state index contributed by atoms with van der Waals surface area (Å²) in [6.45, 7) is 8.05. The summed E-state index contributed by atoms with van der Waals surface area (Å²) < 4.78 is 0. The van der Waals surface area contributed by atoms with Gasteiger partial charge in [0.15, 0.2) is 0 Å². The number of hydrogen-bond acceptors (Lipinski definition) is 1. The third kappa shape index (κ3) is 8.55. The van der Waals surface area contributed by atoms with Gasteiger partial charge in [0.2, 0.25) is 0 Å². The van der Waals surface area contributed by atoms with Gasteiger partial charge in [-0.2, -0.15) is 0 Å². The van der Waals surface area contributed by atoms with Crippen LogP contribution in [-0.2, 0) is 0 Å². The van der Waals surface area contributed by atoms with Crippen LogP contribution in [0.4, 0.5) is 0 Å². The molecule has 0 aromatic heterocycles. The molecule has 0 fully saturated rings. The van der Waals surface area contributed by atoms with Crippen LogP contribution in [0.5, 0.6) is 0 Å². The lowest BCUT2D eigenvalue weighted by molar-refractivity contribution is 0.428. The predicted molar refractivity (Wildman–Crippen MR) is 65.7 cm³/mol. The lowest BCUT2D eigenvalue weighted by Gasteiger charge is -2.17. The highest BCUT2D eigenvalue weighted by Crippen LogP contribution is 2.07. The van der Waals surface area contributed by atoms with E-state index < -0.39 is 0 Å². The van der Waals surface area contributed by atoms with Gasteiger partial charge in [0.05, 0.1) is 0 Å². The Labute approximate surface area is 90.7 Å². The van der Waals surface area contributed by atoms with E-state index >= 15 is 0 Å². The molecular formula is C13H29N. The van der Waals surface area contributed by atoms with Crippen LogP contribution in [-0.4, -0.2) is 12.6 Å². The molecule has 0 aliphatic rings. The van der Waals surface area contributed by atoms with Crippen molar-refractivity contribution < 1.29 is 0 Å². The minimum atomic E-state index is 0.789. The zero-order valence-electron chi connectivity index (χ0n) is 10.4. The molecule has 0 aromatic rings. The fraction of sp³-hybridized carbons (Fsp3) is 1.00. The van der Waals surface area contributed by atoms with Gasteiger partial charge in [-0.15, -0.1) is 0 Å². The van der Waals surface area contributed by atoms with Crippen molar-refractivity contribution in [2.75, 3.05) is 6.54 Å². The highest BCUT2D eigenvalue weighted by Gasteiger charge is 2.04. The van der Waals surface area contributed by atoms with E-state index in [4.69, 9.17) is 0 Å². The maximum Gasteiger partial charge on any atom is 0.00669 e. The van der Waals surface area contributed by atoms with E-state index in [1.807, 2.05) is 0 Å². The van der Waals surface area contributed by atoms with Gasteiger partial charge in [-0.3, -0.25) is 0 Å². The smallest absolute Gasteiger partial charge is 0.00669 e. The van der Waals surface area contributed by atoms with Crippen LogP contribution < -0.4 is 5.32 Å². The van der Waals surface area contributed by atoms with Crippen LogP contribution in [0.15, 0.2) is 0 Å². The fourth-order valence-corrected chi connectivity index (χ4v) is 1.83. The second kappa shape index (κ2) is 11.0. The molecule has 0 heterocycles. The Morgan fingerprint density at radius 3 is 2.07 bits per heavy atom. The molecule has 0 amide bonds. The molecule has 0 saturated carbocycles. The van der Waals surface area contributed by atoms with Crippen LogP contribution in [0.3, 0.4) is 0 Å². The maximum atomic E-state index is 3.69. The SMILES string of the molecule is CCCCCNC(CCC)CCCC. The molecule has 1 unspecified atom stereocenters. The Balaban J connectivity index is 3.40. The lowest BCUT2D eigenvalue weighted by atomic mass is 10.1. The van der Waals surface area contributed by atoms with E-state index in [2.05, 4.69) is 26.1 Å². The van der Waals surface area contributed by atoms with Crippen molar-refractivity contribution in [3.05, 3.63) is 0 Å². The van der Waals surface area contributed by atoms with Crippen LogP contribution in [0.25, 0.3) is 0 Å². The first kappa shape index (κ1) is 14.0. The Kier molecular flexibility index (Phi) is 11.0. The molecule has 0 saturated heterocycles. The Hall–Kier alpha value is -0.0400. The van der Waals surface area contributed by atoms with Gasteiger partial charge in [0.25, 0.3) is 0 Å². The number of nitrogens with one attached hydrogen (secondary N) is 1. The van der Waals surface area contributed by atoms with Crippen LogP contribution in [0.2, 0.25) is 0 Å². The summed E-state index contributed by atoms with van der Waals surface area (Å²) in [5, 5.41) is 3.69. The molecule has 0 aliphatic heterocycles. The van der Waals surface area contributed by atoms with Crippen molar-refractivity contribution in [3.63, 3.8) is 0 Å². The highest BCUT2D eigenvalue weighted by molar-refractivity contribution is 4.65. The summed E-state index contributed by atoms with van der Waals surface area (Å²) >= 11 is 0. The second-order valence-electron chi connectivity index (χ2n) is 4.29. The summed E-state index contributed by atoms with van der Waals surface area (Å²) in [5.74, 6) is 0. The van der Waals surface area contributed by atoms with E-state index in [1.54, 1.807) is 0 Å². The molecule has 0 aromatic carbocycles. The van der Waals surface area contributed by atoms with E-state index in [0.717, 1.165) is 6.04 Å². The molecule has 1 heteroatoms.